The predicted octanol–water partition coefficient (Wildman–Crippen LogP) is 2.94. The smallest absolute Gasteiger partial charge is 0.133 e. The van der Waals surface area contributed by atoms with Crippen molar-refractivity contribution in [3.63, 3.8) is 0 Å². The molecule has 0 aliphatic rings. The van der Waals surface area contributed by atoms with E-state index in [2.05, 4.69) is 16.8 Å². The maximum absolute atomic E-state index is 5.84. The van der Waals surface area contributed by atoms with Gasteiger partial charge in [-0.2, -0.15) is 0 Å². The number of pyridine rings is 1. The molecule has 0 spiro atoms. The maximum Gasteiger partial charge on any atom is 0.133 e. The predicted molar refractivity (Wildman–Crippen MR) is 66.5 cm³/mol. The van der Waals surface area contributed by atoms with Gasteiger partial charge in [-0.05, 0) is 12.5 Å². The monoisotopic (exact) mass is 227 g/mol. The Morgan fingerprint density at radius 2 is 2.13 bits per heavy atom. The Kier molecular flexibility index (Phi) is 4.69. The quantitative estimate of drug-likeness (QED) is 0.621. The molecule has 0 radical (unpaired) electrons. The lowest BCUT2D eigenvalue weighted by molar-refractivity contribution is 0.701. The molecule has 0 unspecified atom stereocenters. The molecule has 2 N–H and O–H groups in total. The van der Waals surface area contributed by atoms with Crippen molar-refractivity contribution < 1.29 is 0 Å². The van der Waals surface area contributed by atoms with Crippen LogP contribution in [-0.4, -0.2) is 18.6 Å². The molecule has 3 nitrogen and oxygen atoms in total. The third-order valence-electron chi connectivity index (χ3n) is 2.29. The van der Waals surface area contributed by atoms with Gasteiger partial charge in [-0.1, -0.05) is 31.4 Å². The van der Waals surface area contributed by atoms with Crippen molar-refractivity contribution in [2.75, 3.05) is 24.2 Å². The molecule has 0 aliphatic heterocycles. The third-order valence-corrected chi connectivity index (χ3v) is 2.48. The summed E-state index contributed by atoms with van der Waals surface area (Å²) < 4.78 is 0. The summed E-state index contributed by atoms with van der Waals surface area (Å²) in [5, 5.41) is 0.451. The number of rotatable bonds is 5. The molecule has 1 heterocycles. The fourth-order valence-corrected chi connectivity index (χ4v) is 1.62. The zero-order valence-corrected chi connectivity index (χ0v) is 10.1. The van der Waals surface area contributed by atoms with E-state index in [0.717, 1.165) is 12.4 Å². The molecule has 84 valence electrons. The van der Waals surface area contributed by atoms with Crippen LogP contribution in [0.2, 0.25) is 5.15 Å². The highest BCUT2D eigenvalue weighted by Gasteiger charge is 2.04. The van der Waals surface area contributed by atoms with Gasteiger partial charge in [0.1, 0.15) is 11.0 Å². The Morgan fingerprint density at radius 1 is 1.40 bits per heavy atom. The summed E-state index contributed by atoms with van der Waals surface area (Å²) in [6.07, 6.45) is 3.63. The third kappa shape index (κ3) is 3.96. The van der Waals surface area contributed by atoms with Crippen molar-refractivity contribution in [3.8, 4) is 0 Å². The molecule has 1 rings (SSSR count). The first-order chi connectivity index (χ1) is 7.13. The Balaban J connectivity index is 2.60. The van der Waals surface area contributed by atoms with E-state index in [1.54, 1.807) is 6.07 Å². The lowest BCUT2D eigenvalue weighted by atomic mass is 10.2. The van der Waals surface area contributed by atoms with E-state index >= 15 is 0 Å². The second kappa shape index (κ2) is 5.81. The second-order valence-electron chi connectivity index (χ2n) is 3.71. The minimum absolute atomic E-state index is 0.451. The number of aromatic nitrogens is 1. The lowest BCUT2D eigenvalue weighted by Crippen LogP contribution is -2.19. The van der Waals surface area contributed by atoms with Crippen molar-refractivity contribution in [2.45, 2.75) is 26.2 Å². The maximum atomic E-state index is 5.84. The highest BCUT2D eigenvalue weighted by Crippen LogP contribution is 2.18. The average molecular weight is 228 g/mol. The number of halogens is 1. The number of hydrogen-bond donors (Lipinski definition) is 1. The Hall–Kier alpha value is -0.960. The molecule has 0 amide bonds. The molecule has 0 bridgehead atoms. The Morgan fingerprint density at radius 3 is 2.73 bits per heavy atom. The van der Waals surface area contributed by atoms with Crippen LogP contribution in [0.15, 0.2) is 12.1 Å². The Bertz CT molecular complexity index is 294. The molecule has 0 atom stereocenters. The van der Waals surface area contributed by atoms with Gasteiger partial charge in [-0.3, -0.25) is 0 Å². The van der Waals surface area contributed by atoms with Crippen molar-refractivity contribution in [1.82, 2.24) is 4.98 Å². The highest BCUT2D eigenvalue weighted by atomic mass is 35.5. The Labute approximate surface area is 96.2 Å². The van der Waals surface area contributed by atoms with Crippen LogP contribution in [-0.2, 0) is 0 Å². The topological polar surface area (TPSA) is 42.1 Å². The normalized spacial score (nSPS) is 10.3. The molecule has 1 aromatic heterocycles. The lowest BCUT2D eigenvalue weighted by Gasteiger charge is -2.18. The minimum atomic E-state index is 0.451. The van der Waals surface area contributed by atoms with Crippen molar-refractivity contribution >= 4 is 23.1 Å². The van der Waals surface area contributed by atoms with E-state index < -0.39 is 0 Å². The summed E-state index contributed by atoms with van der Waals surface area (Å²) in [5.41, 5.74) is 6.36. The van der Waals surface area contributed by atoms with E-state index in [1.165, 1.54) is 19.3 Å². The van der Waals surface area contributed by atoms with Gasteiger partial charge >= 0.3 is 0 Å². The van der Waals surface area contributed by atoms with Crippen LogP contribution in [0, 0.1) is 0 Å². The van der Waals surface area contributed by atoms with Gasteiger partial charge in [0, 0.05) is 25.3 Å². The van der Waals surface area contributed by atoms with Gasteiger partial charge in [0.15, 0.2) is 0 Å². The van der Waals surface area contributed by atoms with Crippen LogP contribution < -0.4 is 10.6 Å². The molecule has 0 fully saturated rings. The van der Waals surface area contributed by atoms with Crippen LogP contribution in [0.3, 0.4) is 0 Å². The molecule has 0 saturated carbocycles. The van der Waals surface area contributed by atoms with Crippen molar-refractivity contribution in [1.29, 1.82) is 0 Å². The van der Waals surface area contributed by atoms with Gasteiger partial charge in [-0.15, -0.1) is 0 Å². The van der Waals surface area contributed by atoms with Crippen LogP contribution in [0.25, 0.3) is 0 Å². The number of unbranched alkanes of at least 4 members (excludes halogenated alkanes) is 2. The van der Waals surface area contributed by atoms with Crippen LogP contribution in [0.1, 0.15) is 26.2 Å². The minimum Gasteiger partial charge on any atom is -0.399 e. The van der Waals surface area contributed by atoms with E-state index in [4.69, 9.17) is 17.3 Å². The average Bonchev–Trinajstić information content (AvgIpc) is 2.16. The summed E-state index contributed by atoms with van der Waals surface area (Å²) in [5.74, 6) is 0.844. The van der Waals surface area contributed by atoms with E-state index in [-0.39, 0.29) is 0 Å². The highest BCUT2D eigenvalue weighted by molar-refractivity contribution is 6.29. The van der Waals surface area contributed by atoms with Gasteiger partial charge in [-0.25, -0.2) is 4.98 Å². The number of nitrogen functional groups attached to an aromatic ring is 1. The number of nitrogens with zero attached hydrogens (tertiary/aromatic N) is 2. The fourth-order valence-electron chi connectivity index (χ4n) is 1.41. The van der Waals surface area contributed by atoms with Crippen molar-refractivity contribution in [3.05, 3.63) is 17.3 Å². The largest absolute Gasteiger partial charge is 0.399 e. The molecular weight excluding hydrogens is 210 g/mol. The summed E-state index contributed by atoms with van der Waals surface area (Å²) in [6, 6.07) is 3.50. The van der Waals surface area contributed by atoms with E-state index in [1.807, 2.05) is 13.1 Å². The first-order valence-electron chi connectivity index (χ1n) is 5.27. The van der Waals surface area contributed by atoms with Gasteiger partial charge in [0.05, 0.1) is 0 Å². The van der Waals surface area contributed by atoms with Gasteiger partial charge in [0.2, 0.25) is 0 Å². The number of hydrogen-bond acceptors (Lipinski definition) is 3. The standard InChI is InChI=1S/C11H18ClN3/c1-3-4-5-6-15(2)11-8-9(13)7-10(12)14-11/h7-8H,3-6H2,1-2H3,(H2,13,14). The van der Waals surface area contributed by atoms with E-state index in [0.29, 0.717) is 10.8 Å². The van der Waals surface area contributed by atoms with Crippen LogP contribution >= 0.6 is 11.6 Å². The summed E-state index contributed by atoms with van der Waals surface area (Å²) in [4.78, 5) is 6.31. The van der Waals surface area contributed by atoms with E-state index in [9.17, 15) is 0 Å². The van der Waals surface area contributed by atoms with Crippen molar-refractivity contribution in [2.24, 2.45) is 0 Å². The molecule has 15 heavy (non-hydrogen) atoms. The first kappa shape index (κ1) is 12.1. The summed E-state index contributed by atoms with van der Waals surface area (Å²) in [6.45, 7) is 3.18. The molecule has 1 aromatic rings. The fraction of sp³-hybridized carbons (Fsp3) is 0.545. The van der Waals surface area contributed by atoms with Gasteiger partial charge in [0.25, 0.3) is 0 Å². The zero-order valence-electron chi connectivity index (χ0n) is 9.33. The number of anilines is 2. The molecule has 0 saturated heterocycles. The van der Waals surface area contributed by atoms with Crippen LogP contribution in [0.4, 0.5) is 11.5 Å². The summed E-state index contributed by atoms with van der Waals surface area (Å²) >= 11 is 5.84. The molecular formula is C11H18ClN3. The molecule has 4 heteroatoms. The summed E-state index contributed by atoms with van der Waals surface area (Å²) in [7, 11) is 2.01. The van der Waals surface area contributed by atoms with Gasteiger partial charge < -0.3 is 10.6 Å². The van der Waals surface area contributed by atoms with Crippen LogP contribution in [0.5, 0.6) is 0 Å². The zero-order chi connectivity index (χ0) is 11.3. The second-order valence-corrected chi connectivity index (χ2v) is 4.10. The first-order valence-corrected chi connectivity index (χ1v) is 5.65. The number of nitrogens with two attached hydrogens (primary N) is 1. The molecule has 0 aromatic carbocycles. The SMILES string of the molecule is CCCCCN(C)c1cc(N)cc(Cl)n1. The molecule has 0 aliphatic carbocycles.